The lowest BCUT2D eigenvalue weighted by Gasteiger charge is -2.18. The summed E-state index contributed by atoms with van der Waals surface area (Å²) >= 11 is 0. The zero-order chi connectivity index (χ0) is 19.3. The fourth-order valence-electron chi connectivity index (χ4n) is 3.15. The van der Waals surface area contributed by atoms with Crippen molar-refractivity contribution in [2.24, 2.45) is 0 Å². The molecule has 2 aromatic carbocycles. The maximum Gasteiger partial charge on any atom is 0.266 e. The first-order chi connectivity index (χ1) is 13.6. The molecule has 3 aliphatic heterocycles. The van der Waals surface area contributed by atoms with Gasteiger partial charge in [0.1, 0.15) is 36.9 Å². The number of carbonyl (C=O) groups excluding carboxylic acids is 2. The van der Waals surface area contributed by atoms with Crippen molar-refractivity contribution in [2.75, 3.05) is 31.3 Å². The first-order valence-electron chi connectivity index (χ1n) is 9.22. The molecule has 0 saturated carbocycles. The minimum absolute atomic E-state index is 0.0747. The smallest absolute Gasteiger partial charge is 0.266 e. The number of epoxide rings is 2. The summed E-state index contributed by atoms with van der Waals surface area (Å²) in [6.07, 6.45) is 0.190. The number of rotatable bonds is 7. The first-order valence-corrected chi connectivity index (χ1v) is 9.22. The van der Waals surface area contributed by atoms with Crippen molar-refractivity contribution in [1.82, 2.24) is 0 Å². The average molecular weight is 381 g/mol. The van der Waals surface area contributed by atoms with Gasteiger partial charge in [-0.1, -0.05) is 6.07 Å². The summed E-state index contributed by atoms with van der Waals surface area (Å²) in [7, 11) is 0. The van der Waals surface area contributed by atoms with Gasteiger partial charge in [-0.3, -0.25) is 9.59 Å². The number of aryl methyl sites for hydroxylation is 1. The predicted octanol–water partition coefficient (Wildman–Crippen LogP) is 2.35. The van der Waals surface area contributed by atoms with Crippen LogP contribution in [0.25, 0.3) is 0 Å². The van der Waals surface area contributed by atoms with Gasteiger partial charge in [0.25, 0.3) is 11.8 Å². The molecule has 7 heteroatoms. The summed E-state index contributed by atoms with van der Waals surface area (Å²) in [5.74, 6) is 0.286. The molecule has 2 atom stereocenters. The molecule has 0 aromatic heterocycles. The van der Waals surface area contributed by atoms with Gasteiger partial charge in [-0.25, -0.2) is 4.90 Å². The zero-order valence-corrected chi connectivity index (χ0v) is 15.3. The number of amides is 2. The highest BCUT2D eigenvalue weighted by molar-refractivity contribution is 6.35. The van der Waals surface area contributed by atoms with E-state index < -0.39 is 0 Å². The maximum atomic E-state index is 13.0. The Morgan fingerprint density at radius 1 is 0.929 bits per heavy atom. The molecule has 3 heterocycles. The minimum atomic E-state index is -0.385. The third-order valence-corrected chi connectivity index (χ3v) is 4.88. The standard InChI is InChI=1S/C21H19NO6/c1-12-2-5-18(19(6-12)28-11-15-10-27-15)22-20(23)16-4-3-13(7-17(16)21(22)24)25-8-14-9-26-14/h2-7,14-15H,8-11H2,1H3. The molecule has 0 N–H and O–H groups in total. The lowest BCUT2D eigenvalue weighted by Crippen LogP contribution is -2.30. The van der Waals surface area contributed by atoms with Crippen molar-refractivity contribution >= 4 is 17.5 Å². The zero-order valence-electron chi connectivity index (χ0n) is 15.3. The van der Waals surface area contributed by atoms with Crippen molar-refractivity contribution in [1.29, 1.82) is 0 Å². The van der Waals surface area contributed by atoms with Crippen molar-refractivity contribution in [3.8, 4) is 11.5 Å². The van der Waals surface area contributed by atoms with Crippen LogP contribution in [0, 0.1) is 6.92 Å². The van der Waals surface area contributed by atoms with Gasteiger partial charge in [0.15, 0.2) is 0 Å². The number of fused-ring (bicyclic) bond motifs is 1. The molecule has 28 heavy (non-hydrogen) atoms. The van der Waals surface area contributed by atoms with Crippen LogP contribution in [0.4, 0.5) is 5.69 Å². The molecule has 0 aliphatic carbocycles. The Bertz CT molecular complexity index is 963. The van der Waals surface area contributed by atoms with Crippen LogP contribution in [0.15, 0.2) is 36.4 Å². The second-order valence-electron chi connectivity index (χ2n) is 7.16. The van der Waals surface area contributed by atoms with E-state index in [4.69, 9.17) is 18.9 Å². The van der Waals surface area contributed by atoms with E-state index in [1.54, 1.807) is 24.3 Å². The largest absolute Gasteiger partial charge is 0.491 e. The normalized spacial score (nSPS) is 22.2. The third-order valence-electron chi connectivity index (χ3n) is 4.88. The van der Waals surface area contributed by atoms with Crippen molar-refractivity contribution in [3.63, 3.8) is 0 Å². The SMILES string of the molecule is Cc1ccc(N2C(=O)c3ccc(OCC4CO4)cc3C2=O)c(OCC2CO2)c1. The van der Waals surface area contributed by atoms with Gasteiger partial charge in [0.05, 0.1) is 30.0 Å². The van der Waals surface area contributed by atoms with Crippen LogP contribution < -0.4 is 14.4 Å². The highest BCUT2D eigenvalue weighted by Gasteiger charge is 2.39. The Labute approximate surface area is 161 Å². The van der Waals surface area contributed by atoms with E-state index in [1.165, 1.54) is 4.90 Å². The molecule has 2 fully saturated rings. The molecular formula is C21H19NO6. The monoisotopic (exact) mass is 381 g/mol. The molecule has 0 radical (unpaired) electrons. The molecule has 3 aliphatic rings. The van der Waals surface area contributed by atoms with Gasteiger partial charge < -0.3 is 18.9 Å². The second-order valence-corrected chi connectivity index (χ2v) is 7.16. The predicted molar refractivity (Wildman–Crippen MR) is 99.2 cm³/mol. The van der Waals surface area contributed by atoms with Crippen molar-refractivity contribution in [3.05, 3.63) is 53.1 Å². The van der Waals surface area contributed by atoms with Crippen LogP contribution in [-0.2, 0) is 9.47 Å². The summed E-state index contributed by atoms with van der Waals surface area (Å²) in [4.78, 5) is 27.2. The summed E-state index contributed by atoms with van der Waals surface area (Å²) in [6, 6.07) is 10.4. The van der Waals surface area contributed by atoms with Gasteiger partial charge in [-0.15, -0.1) is 0 Å². The number of benzene rings is 2. The Hall–Kier alpha value is -2.90. The van der Waals surface area contributed by atoms with Crippen molar-refractivity contribution < 1.29 is 28.5 Å². The van der Waals surface area contributed by atoms with E-state index in [0.29, 0.717) is 54.7 Å². The summed E-state index contributed by atoms with van der Waals surface area (Å²) in [5.41, 5.74) is 2.10. The Balaban J connectivity index is 1.43. The fraction of sp³-hybridized carbons (Fsp3) is 0.333. The van der Waals surface area contributed by atoms with Gasteiger partial charge in [-0.2, -0.15) is 0 Å². The van der Waals surface area contributed by atoms with Crippen LogP contribution in [0.5, 0.6) is 11.5 Å². The number of nitrogens with zero attached hydrogens (tertiary/aromatic N) is 1. The van der Waals surface area contributed by atoms with Gasteiger partial charge in [-0.05, 0) is 42.8 Å². The maximum absolute atomic E-state index is 13.0. The molecule has 5 rings (SSSR count). The number of hydrogen-bond donors (Lipinski definition) is 0. The van der Waals surface area contributed by atoms with Crippen LogP contribution in [0.3, 0.4) is 0 Å². The Morgan fingerprint density at radius 2 is 1.61 bits per heavy atom. The summed E-state index contributed by atoms with van der Waals surface area (Å²) in [6.45, 7) is 4.12. The topological polar surface area (TPSA) is 80.9 Å². The van der Waals surface area contributed by atoms with E-state index in [-0.39, 0.29) is 24.0 Å². The van der Waals surface area contributed by atoms with Crippen LogP contribution in [-0.4, -0.2) is 50.4 Å². The number of anilines is 1. The van der Waals surface area contributed by atoms with E-state index in [9.17, 15) is 9.59 Å². The first kappa shape index (κ1) is 17.2. The fourth-order valence-corrected chi connectivity index (χ4v) is 3.15. The van der Waals surface area contributed by atoms with Gasteiger partial charge in [0, 0.05) is 0 Å². The summed E-state index contributed by atoms with van der Waals surface area (Å²) < 4.78 is 21.8. The Kier molecular flexibility index (Phi) is 4.07. The van der Waals surface area contributed by atoms with E-state index in [2.05, 4.69) is 0 Å². The van der Waals surface area contributed by atoms with Gasteiger partial charge >= 0.3 is 0 Å². The van der Waals surface area contributed by atoms with Crippen LogP contribution in [0.2, 0.25) is 0 Å². The lowest BCUT2D eigenvalue weighted by molar-refractivity contribution is 0.0924. The number of ether oxygens (including phenoxy) is 4. The number of imide groups is 1. The second kappa shape index (κ2) is 6.61. The van der Waals surface area contributed by atoms with Gasteiger partial charge in [0.2, 0.25) is 0 Å². The summed E-state index contributed by atoms with van der Waals surface area (Å²) in [5, 5.41) is 0. The molecule has 7 nitrogen and oxygen atoms in total. The molecule has 144 valence electrons. The number of carbonyl (C=O) groups is 2. The quantitative estimate of drug-likeness (QED) is 0.541. The van der Waals surface area contributed by atoms with E-state index in [1.807, 2.05) is 19.1 Å². The lowest BCUT2D eigenvalue weighted by atomic mass is 10.1. The molecule has 0 bridgehead atoms. The van der Waals surface area contributed by atoms with Crippen molar-refractivity contribution in [2.45, 2.75) is 19.1 Å². The highest BCUT2D eigenvalue weighted by Crippen LogP contribution is 2.37. The number of hydrogen-bond acceptors (Lipinski definition) is 6. The average Bonchev–Trinajstić information content (AvgIpc) is 3.60. The van der Waals surface area contributed by atoms with Crippen LogP contribution >= 0.6 is 0 Å². The van der Waals surface area contributed by atoms with E-state index in [0.717, 1.165) is 5.56 Å². The third kappa shape index (κ3) is 3.23. The molecule has 0 spiro atoms. The molecule has 2 unspecified atom stereocenters. The molecule has 2 aromatic rings. The highest BCUT2D eigenvalue weighted by atomic mass is 16.6. The molecule has 2 amide bonds. The van der Waals surface area contributed by atoms with Crippen LogP contribution in [0.1, 0.15) is 26.3 Å². The van der Waals surface area contributed by atoms with E-state index >= 15 is 0 Å². The Morgan fingerprint density at radius 3 is 2.32 bits per heavy atom. The molecular weight excluding hydrogens is 362 g/mol. The molecule has 2 saturated heterocycles. The minimum Gasteiger partial charge on any atom is -0.491 e.